The Bertz CT molecular complexity index is 1140. The third-order valence-corrected chi connectivity index (χ3v) is 8.26. The summed E-state index contributed by atoms with van der Waals surface area (Å²) in [5, 5.41) is 5.14. The fourth-order valence-electron chi connectivity index (χ4n) is 3.89. The second-order valence-corrected chi connectivity index (χ2v) is 10.7. The van der Waals surface area contributed by atoms with Crippen LogP contribution in [0.5, 0.6) is 0 Å². The van der Waals surface area contributed by atoms with Gasteiger partial charge in [-0.25, -0.2) is 8.42 Å². The van der Waals surface area contributed by atoms with Gasteiger partial charge in [-0.1, -0.05) is 49.7 Å². The molecule has 162 valence electrons. The van der Waals surface area contributed by atoms with E-state index in [4.69, 9.17) is 0 Å². The van der Waals surface area contributed by atoms with Crippen LogP contribution >= 0.6 is 11.3 Å². The van der Waals surface area contributed by atoms with Gasteiger partial charge in [-0.05, 0) is 53.6 Å². The molecule has 0 radical (unpaired) electrons. The van der Waals surface area contributed by atoms with Crippen molar-refractivity contribution in [3.05, 3.63) is 87.6 Å². The molecular weight excluding hydrogens is 428 g/mol. The average Bonchev–Trinajstić information content (AvgIpc) is 3.42. The van der Waals surface area contributed by atoms with Crippen molar-refractivity contribution in [3.63, 3.8) is 0 Å². The third kappa shape index (κ3) is 4.83. The number of hydrogen-bond donors (Lipinski definition) is 1. The van der Waals surface area contributed by atoms with Gasteiger partial charge in [-0.2, -0.15) is 0 Å². The Morgan fingerprint density at radius 3 is 2.58 bits per heavy atom. The number of carbonyl (C=O) groups excluding carboxylic acids is 1. The number of anilines is 1. The van der Waals surface area contributed by atoms with Gasteiger partial charge in [0.15, 0.2) is 0 Å². The molecule has 1 N–H and O–H groups in total. The zero-order chi connectivity index (χ0) is 21.8. The van der Waals surface area contributed by atoms with Crippen molar-refractivity contribution in [3.8, 4) is 0 Å². The number of hydrogen-bond acceptors (Lipinski definition) is 4. The predicted octanol–water partition coefficient (Wildman–Crippen LogP) is 4.76. The fourth-order valence-corrected chi connectivity index (χ4v) is 6.24. The van der Waals surface area contributed by atoms with Crippen LogP contribution in [0.1, 0.15) is 52.2 Å². The molecule has 31 heavy (non-hydrogen) atoms. The van der Waals surface area contributed by atoms with Gasteiger partial charge in [0.1, 0.15) is 0 Å². The molecule has 5 nitrogen and oxygen atoms in total. The molecule has 1 aliphatic rings. The van der Waals surface area contributed by atoms with Crippen LogP contribution in [0.2, 0.25) is 0 Å². The van der Waals surface area contributed by atoms with Crippen molar-refractivity contribution in [1.29, 1.82) is 0 Å². The molecule has 1 atom stereocenters. The zero-order valence-electron chi connectivity index (χ0n) is 17.5. The molecule has 0 saturated carbocycles. The Kier molecular flexibility index (Phi) is 6.43. The maximum absolute atomic E-state index is 13.1. The molecule has 1 amide bonds. The Hall–Kier alpha value is -2.64. The van der Waals surface area contributed by atoms with Crippen LogP contribution < -0.4 is 9.62 Å². The molecule has 7 heteroatoms. The van der Waals surface area contributed by atoms with Gasteiger partial charge < -0.3 is 5.32 Å². The van der Waals surface area contributed by atoms with Crippen molar-refractivity contribution in [2.45, 2.75) is 32.2 Å². The number of benzene rings is 2. The summed E-state index contributed by atoms with van der Waals surface area (Å²) in [7, 11) is -3.29. The number of carbonyl (C=O) groups is 1. The minimum absolute atomic E-state index is 0.151. The molecule has 1 fully saturated rings. The fraction of sp³-hybridized carbons (Fsp3) is 0.292. The maximum atomic E-state index is 13.1. The van der Waals surface area contributed by atoms with Gasteiger partial charge in [0.2, 0.25) is 10.0 Å². The number of rotatable bonds is 7. The largest absolute Gasteiger partial charge is 0.340 e. The minimum Gasteiger partial charge on any atom is -0.340 e. The number of sulfonamides is 1. The van der Waals surface area contributed by atoms with Crippen LogP contribution in [0.25, 0.3) is 0 Å². The van der Waals surface area contributed by atoms with E-state index in [-0.39, 0.29) is 17.7 Å². The lowest BCUT2D eigenvalue weighted by molar-refractivity contribution is 0.0943. The molecule has 1 unspecified atom stereocenters. The van der Waals surface area contributed by atoms with E-state index in [1.54, 1.807) is 35.6 Å². The highest BCUT2D eigenvalue weighted by Gasteiger charge is 2.29. The zero-order valence-corrected chi connectivity index (χ0v) is 19.1. The van der Waals surface area contributed by atoms with E-state index >= 15 is 0 Å². The van der Waals surface area contributed by atoms with Gasteiger partial charge in [-0.15, -0.1) is 11.3 Å². The summed E-state index contributed by atoms with van der Waals surface area (Å²) in [4.78, 5) is 14.2. The third-order valence-electron chi connectivity index (χ3n) is 5.45. The van der Waals surface area contributed by atoms with Crippen LogP contribution in [0, 0.1) is 0 Å². The Labute approximate surface area is 187 Å². The summed E-state index contributed by atoms with van der Waals surface area (Å²) in [6.07, 6.45) is 2.73. The molecule has 1 saturated heterocycles. The van der Waals surface area contributed by atoms with E-state index in [2.05, 4.69) is 36.5 Å². The minimum atomic E-state index is -3.29. The van der Waals surface area contributed by atoms with Crippen molar-refractivity contribution in [2.24, 2.45) is 0 Å². The number of nitrogens with zero attached hydrogens (tertiary/aromatic N) is 1. The summed E-state index contributed by atoms with van der Waals surface area (Å²) in [5.41, 5.74) is 3.29. The lowest BCUT2D eigenvalue weighted by atomic mass is 10.0. The molecule has 3 aromatic rings. The molecule has 1 aromatic heterocycles. The lowest BCUT2D eigenvalue weighted by Crippen LogP contribution is -2.29. The summed E-state index contributed by atoms with van der Waals surface area (Å²) < 4.78 is 25.9. The Morgan fingerprint density at radius 1 is 1.13 bits per heavy atom. The standard InChI is InChI=1S/C24H26N2O3S2/c1-2-6-18-10-12-19(13-11-18)23(22-9-4-15-30-22)25-24(27)20-7-3-8-21(17-20)26-14-5-16-31(26,28)29/h3-4,7-13,15,17,23H,2,5-6,14,16H2,1H3,(H,25,27). The summed E-state index contributed by atoms with van der Waals surface area (Å²) in [5.74, 6) is -0.0766. The normalized spacial score (nSPS) is 16.2. The van der Waals surface area contributed by atoms with E-state index in [1.165, 1.54) is 9.87 Å². The highest BCUT2D eigenvalue weighted by Crippen LogP contribution is 2.28. The van der Waals surface area contributed by atoms with Crippen LogP contribution in [0.4, 0.5) is 5.69 Å². The van der Waals surface area contributed by atoms with Crippen LogP contribution in [-0.4, -0.2) is 26.6 Å². The number of amides is 1. The number of nitrogens with one attached hydrogen (secondary N) is 1. The smallest absolute Gasteiger partial charge is 0.252 e. The molecule has 1 aliphatic heterocycles. The molecule has 0 bridgehead atoms. The quantitative estimate of drug-likeness (QED) is 0.560. The molecule has 2 aromatic carbocycles. The molecular formula is C24H26N2O3S2. The maximum Gasteiger partial charge on any atom is 0.252 e. The molecule has 2 heterocycles. The summed E-state index contributed by atoms with van der Waals surface area (Å²) in [6.45, 7) is 2.61. The van der Waals surface area contributed by atoms with Crippen molar-refractivity contribution < 1.29 is 13.2 Å². The first kappa shape index (κ1) is 21.6. The van der Waals surface area contributed by atoms with E-state index in [1.807, 2.05) is 17.5 Å². The Morgan fingerprint density at radius 2 is 1.94 bits per heavy atom. The van der Waals surface area contributed by atoms with E-state index in [9.17, 15) is 13.2 Å². The predicted molar refractivity (Wildman–Crippen MR) is 126 cm³/mol. The Balaban J connectivity index is 1.59. The second-order valence-electron chi connectivity index (χ2n) is 7.71. The van der Waals surface area contributed by atoms with Crippen molar-refractivity contribution in [2.75, 3.05) is 16.6 Å². The average molecular weight is 455 g/mol. The molecule has 0 aliphatic carbocycles. The number of aryl methyl sites for hydroxylation is 1. The van der Waals surface area contributed by atoms with Crippen molar-refractivity contribution in [1.82, 2.24) is 5.32 Å². The highest BCUT2D eigenvalue weighted by atomic mass is 32.2. The molecule has 0 spiro atoms. The van der Waals surface area contributed by atoms with Crippen molar-refractivity contribution >= 4 is 33.0 Å². The SMILES string of the molecule is CCCc1ccc(C(NC(=O)c2cccc(N3CCCS3(=O)=O)c2)c2cccs2)cc1. The topological polar surface area (TPSA) is 66.5 Å². The first-order valence-corrected chi connectivity index (χ1v) is 13.0. The van der Waals surface area contributed by atoms with Gasteiger partial charge in [-0.3, -0.25) is 9.10 Å². The number of thiophene rings is 1. The van der Waals surface area contributed by atoms with Crippen LogP contribution in [-0.2, 0) is 16.4 Å². The van der Waals surface area contributed by atoms with Gasteiger partial charge in [0.05, 0.1) is 17.5 Å². The second kappa shape index (κ2) is 9.24. The first-order valence-electron chi connectivity index (χ1n) is 10.5. The summed E-state index contributed by atoms with van der Waals surface area (Å²) in [6, 6.07) is 19.0. The molecule has 4 rings (SSSR count). The highest BCUT2D eigenvalue weighted by molar-refractivity contribution is 7.93. The van der Waals surface area contributed by atoms with E-state index in [0.717, 1.165) is 23.3 Å². The van der Waals surface area contributed by atoms with Gasteiger partial charge in [0.25, 0.3) is 5.91 Å². The van der Waals surface area contributed by atoms with Gasteiger partial charge in [0, 0.05) is 17.0 Å². The van der Waals surface area contributed by atoms with E-state index < -0.39 is 10.0 Å². The first-order chi connectivity index (χ1) is 15.0. The van der Waals surface area contributed by atoms with Crippen LogP contribution in [0.15, 0.2) is 66.0 Å². The van der Waals surface area contributed by atoms with Gasteiger partial charge >= 0.3 is 0 Å². The van der Waals surface area contributed by atoms with E-state index in [0.29, 0.717) is 24.2 Å². The van der Waals surface area contributed by atoms with Crippen LogP contribution in [0.3, 0.4) is 0 Å². The summed E-state index contributed by atoms with van der Waals surface area (Å²) >= 11 is 1.60. The lowest BCUT2D eigenvalue weighted by Gasteiger charge is -2.20. The monoisotopic (exact) mass is 454 g/mol.